The van der Waals surface area contributed by atoms with E-state index in [1.807, 2.05) is 12.1 Å². The third kappa shape index (κ3) is 3.98. The molecule has 25 heavy (non-hydrogen) atoms. The van der Waals surface area contributed by atoms with E-state index in [0.717, 1.165) is 29.2 Å². The van der Waals surface area contributed by atoms with Crippen LogP contribution >= 0.6 is 11.8 Å². The number of fused-ring (bicyclic) bond motifs is 1. The molecule has 1 aliphatic rings. The molecule has 0 saturated carbocycles. The molecular weight excluding hydrogens is 358 g/mol. The highest BCUT2D eigenvalue weighted by molar-refractivity contribution is 7.99. The molecule has 3 N–H and O–H groups in total. The number of nitrogen functional groups attached to an aromatic ring is 1. The number of anilines is 3. The number of nitrogens with zero attached hydrogens (tertiary/aromatic N) is 3. The SMILES string of the molecule is CCCSc1nc(N)c2c(n1)N(Cc1ccc(S(C)(=O)=O)cc1)CN2. The van der Waals surface area contributed by atoms with E-state index in [2.05, 4.69) is 27.1 Å². The second kappa shape index (κ2) is 7.09. The minimum absolute atomic E-state index is 0.320. The maximum Gasteiger partial charge on any atom is 0.191 e. The van der Waals surface area contributed by atoms with E-state index in [0.29, 0.717) is 29.1 Å². The summed E-state index contributed by atoms with van der Waals surface area (Å²) in [6.45, 7) is 3.31. The van der Waals surface area contributed by atoms with Gasteiger partial charge in [0.2, 0.25) is 0 Å². The molecule has 2 heterocycles. The zero-order valence-corrected chi connectivity index (χ0v) is 15.8. The van der Waals surface area contributed by atoms with Gasteiger partial charge in [-0.05, 0) is 24.1 Å². The van der Waals surface area contributed by atoms with Gasteiger partial charge in [-0.15, -0.1) is 0 Å². The van der Waals surface area contributed by atoms with Crippen molar-refractivity contribution in [2.75, 3.05) is 34.6 Å². The van der Waals surface area contributed by atoms with Crippen molar-refractivity contribution in [2.24, 2.45) is 0 Å². The summed E-state index contributed by atoms with van der Waals surface area (Å²) in [6, 6.07) is 6.91. The average Bonchev–Trinajstić information content (AvgIpc) is 2.96. The molecule has 0 unspecified atom stereocenters. The van der Waals surface area contributed by atoms with Gasteiger partial charge in [0.1, 0.15) is 5.69 Å². The molecule has 0 bridgehead atoms. The fourth-order valence-corrected chi connectivity index (χ4v) is 3.88. The summed E-state index contributed by atoms with van der Waals surface area (Å²) in [6.07, 6.45) is 2.25. The first kappa shape index (κ1) is 17.8. The number of rotatable bonds is 6. The molecule has 7 nitrogen and oxygen atoms in total. The van der Waals surface area contributed by atoms with Crippen molar-refractivity contribution >= 4 is 38.9 Å². The molecule has 134 valence electrons. The Balaban J connectivity index is 1.81. The van der Waals surface area contributed by atoms with Gasteiger partial charge in [0, 0.05) is 18.6 Å². The van der Waals surface area contributed by atoms with Gasteiger partial charge in [0.15, 0.2) is 26.6 Å². The van der Waals surface area contributed by atoms with Crippen molar-refractivity contribution in [2.45, 2.75) is 29.9 Å². The van der Waals surface area contributed by atoms with Crippen LogP contribution in [0.25, 0.3) is 0 Å². The van der Waals surface area contributed by atoms with Crippen molar-refractivity contribution in [1.29, 1.82) is 0 Å². The summed E-state index contributed by atoms with van der Waals surface area (Å²) in [5, 5.41) is 3.91. The van der Waals surface area contributed by atoms with E-state index < -0.39 is 9.84 Å². The van der Waals surface area contributed by atoms with E-state index in [1.165, 1.54) is 6.26 Å². The van der Waals surface area contributed by atoms with Crippen molar-refractivity contribution in [1.82, 2.24) is 9.97 Å². The lowest BCUT2D eigenvalue weighted by Crippen LogP contribution is -2.22. The molecule has 0 atom stereocenters. The van der Waals surface area contributed by atoms with Crippen LogP contribution in [0.15, 0.2) is 34.3 Å². The lowest BCUT2D eigenvalue weighted by atomic mass is 10.2. The van der Waals surface area contributed by atoms with Gasteiger partial charge < -0.3 is 16.0 Å². The topological polar surface area (TPSA) is 101 Å². The molecule has 9 heteroatoms. The van der Waals surface area contributed by atoms with Gasteiger partial charge in [-0.1, -0.05) is 30.8 Å². The Morgan fingerprint density at radius 3 is 2.64 bits per heavy atom. The van der Waals surface area contributed by atoms with Crippen molar-refractivity contribution < 1.29 is 8.42 Å². The Morgan fingerprint density at radius 1 is 1.28 bits per heavy atom. The Kier molecular flexibility index (Phi) is 5.05. The van der Waals surface area contributed by atoms with Gasteiger partial charge in [-0.3, -0.25) is 0 Å². The lowest BCUT2D eigenvalue weighted by molar-refractivity contribution is 0.602. The van der Waals surface area contributed by atoms with Gasteiger partial charge >= 0.3 is 0 Å². The van der Waals surface area contributed by atoms with Crippen molar-refractivity contribution in [3.63, 3.8) is 0 Å². The summed E-state index contributed by atoms with van der Waals surface area (Å²) in [7, 11) is -3.18. The molecule has 0 spiro atoms. The highest BCUT2D eigenvalue weighted by Gasteiger charge is 2.24. The summed E-state index contributed by atoms with van der Waals surface area (Å²) in [4.78, 5) is 11.4. The maximum absolute atomic E-state index is 11.6. The van der Waals surface area contributed by atoms with Crippen LogP contribution in [0, 0.1) is 0 Å². The van der Waals surface area contributed by atoms with Crippen LogP contribution in [-0.2, 0) is 16.4 Å². The number of nitrogens with one attached hydrogen (secondary N) is 1. The normalized spacial score (nSPS) is 13.6. The Hall–Kier alpha value is -2.00. The number of nitrogens with two attached hydrogens (primary N) is 1. The first-order valence-electron chi connectivity index (χ1n) is 7.96. The van der Waals surface area contributed by atoms with Gasteiger partial charge in [0.25, 0.3) is 0 Å². The Labute approximate surface area is 152 Å². The number of benzene rings is 1. The van der Waals surface area contributed by atoms with E-state index in [1.54, 1.807) is 23.9 Å². The monoisotopic (exact) mass is 379 g/mol. The minimum Gasteiger partial charge on any atom is -0.382 e. The molecule has 0 aliphatic carbocycles. The molecule has 0 fully saturated rings. The number of aromatic nitrogens is 2. The Bertz CT molecular complexity index is 869. The van der Waals surface area contributed by atoms with Gasteiger partial charge in [-0.2, -0.15) is 0 Å². The predicted molar refractivity (Wildman–Crippen MR) is 102 cm³/mol. The smallest absolute Gasteiger partial charge is 0.191 e. The molecular formula is C16H21N5O2S2. The lowest BCUT2D eigenvalue weighted by Gasteiger charge is -2.17. The molecule has 3 rings (SSSR count). The maximum atomic E-state index is 11.6. The third-order valence-corrected chi connectivity index (χ3v) is 5.99. The number of sulfone groups is 1. The van der Waals surface area contributed by atoms with E-state index >= 15 is 0 Å². The predicted octanol–water partition coefficient (Wildman–Crippen LogP) is 2.35. The van der Waals surface area contributed by atoms with Crippen molar-refractivity contribution in [3.05, 3.63) is 29.8 Å². The van der Waals surface area contributed by atoms with Crippen LogP contribution in [0.3, 0.4) is 0 Å². The van der Waals surface area contributed by atoms with Crippen LogP contribution in [0.2, 0.25) is 0 Å². The van der Waals surface area contributed by atoms with E-state index in [4.69, 9.17) is 5.73 Å². The number of hydrogen-bond acceptors (Lipinski definition) is 8. The van der Waals surface area contributed by atoms with Crippen LogP contribution in [-0.4, -0.2) is 37.1 Å². The van der Waals surface area contributed by atoms with Gasteiger partial charge in [-0.25, -0.2) is 18.4 Å². The highest BCUT2D eigenvalue weighted by Crippen LogP contribution is 2.36. The summed E-state index contributed by atoms with van der Waals surface area (Å²) >= 11 is 1.59. The largest absolute Gasteiger partial charge is 0.382 e. The van der Waals surface area contributed by atoms with Crippen LogP contribution in [0.1, 0.15) is 18.9 Å². The summed E-state index contributed by atoms with van der Waals surface area (Å²) < 4.78 is 23.1. The third-order valence-electron chi connectivity index (χ3n) is 3.80. The molecule has 0 saturated heterocycles. The van der Waals surface area contributed by atoms with Crippen LogP contribution < -0.4 is 16.0 Å². The first-order chi connectivity index (χ1) is 11.9. The van der Waals surface area contributed by atoms with Crippen molar-refractivity contribution in [3.8, 4) is 0 Å². The summed E-state index contributed by atoms with van der Waals surface area (Å²) in [5.74, 6) is 2.19. The molecule has 0 amide bonds. The fraction of sp³-hybridized carbons (Fsp3) is 0.375. The molecule has 2 aromatic rings. The quantitative estimate of drug-likeness (QED) is 0.583. The van der Waals surface area contributed by atoms with E-state index in [-0.39, 0.29) is 0 Å². The zero-order chi connectivity index (χ0) is 18.0. The fourth-order valence-electron chi connectivity index (χ4n) is 2.54. The van der Waals surface area contributed by atoms with Gasteiger partial charge in [0.05, 0.1) is 11.6 Å². The number of thioether (sulfide) groups is 1. The summed E-state index contributed by atoms with van der Waals surface area (Å²) in [5.41, 5.74) is 7.81. The minimum atomic E-state index is -3.18. The zero-order valence-electron chi connectivity index (χ0n) is 14.2. The second-order valence-electron chi connectivity index (χ2n) is 5.89. The molecule has 1 aliphatic heterocycles. The van der Waals surface area contributed by atoms with Crippen LogP contribution in [0.4, 0.5) is 17.3 Å². The molecule has 1 aromatic heterocycles. The number of hydrogen-bond donors (Lipinski definition) is 2. The first-order valence-corrected chi connectivity index (χ1v) is 10.8. The highest BCUT2D eigenvalue weighted by atomic mass is 32.2. The van der Waals surface area contributed by atoms with Crippen LogP contribution in [0.5, 0.6) is 0 Å². The second-order valence-corrected chi connectivity index (χ2v) is 8.97. The standard InChI is InChI=1S/C16H21N5O2S2/c1-3-8-24-16-19-14(17)13-15(20-16)21(10-18-13)9-11-4-6-12(7-5-11)25(2,22)23/h4-7,18H,3,8-10H2,1-2H3,(H2,17,19,20). The molecule has 0 radical (unpaired) electrons. The average molecular weight is 380 g/mol. The van der Waals surface area contributed by atoms with E-state index in [9.17, 15) is 8.42 Å². The molecule has 1 aromatic carbocycles. The Morgan fingerprint density at radius 2 is 2.00 bits per heavy atom.